The third-order valence-electron chi connectivity index (χ3n) is 2.43. The van der Waals surface area contributed by atoms with Crippen LogP contribution in [0.1, 0.15) is 31.9 Å². The van der Waals surface area contributed by atoms with Gasteiger partial charge in [0, 0.05) is 5.56 Å². The predicted octanol–water partition coefficient (Wildman–Crippen LogP) is 3.52. The number of aryl methyl sites for hydroxylation is 1. The molecule has 0 fully saturated rings. The summed E-state index contributed by atoms with van der Waals surface area (Å²) in [5.74, 6) is -0.287. The number of hydrogen-bond acceptors (Lipinski definition) is 3. The third-order valence-corrected chi connectivity index (χ3v) is 3.39. The van der Waals surface area contributed by atoms with E-state index in [1.54, 1.807) is 39.8 Å². The van der Waals surface area contributed by atoms with Gasteiger partial charge >= 0.3 is 15.6 Å². The molecule has 7 heteroatoms. The van der Waals surface area contributed by atoms with Crippen LogP contribution in [0.15, 0.2) is 18.2 Å². The highest BCUT2D eigenvalue weighted by atomic mass is 32.2. The Labute approximate surface area is 110 Å². The monoisotopic (exact) mass is 296 g/mol. The van der Waals surface area contributed by atoms with Gasteiger partial charge in [-0.2, -0.15) is 21.6 Å². The van der Waals surface area contributed by atoms with Gasteiger partial charge in [0.2, 0.25) is 0 Å². The van der Waals surface area contributed by atoms with Gasteiger partial charge in [0.25, 0.3) is 0 Å². The fourth-order valence-electron chi connectivity index (χ4n) is 1.48. The average molecular weight is 296 g/mol. The fourth-order valence-corrected chi connectivity index (χ4v) is 1.95. The van der Waals surface area contributed by atoms with Crippen LogP contribution in [0.4, 0.5) is 13.2 Å². The van der Waals surface area contributed by atoms with E-state index in [9.17, 15) is 21.6 Å². The molecule has 0 aromatic heterocycles. The molecular formula is C12H15F3O3S. The Balaban J connectivity index is 3.33. The quantitative estimate of drug-likeness (QED) is 0.619. The van der Waals surface area contributed by atoms with Crippen molar-refractivity contribution < 1.29 is 25.8 Å². The van der Waals surface area contributed by atoms with Crippen LogP contribution < -0.4 is 4.18 Å². The molecule has 1 aromatic rings. The van der Waals surface area contributed by atoms with E-state index in [4.69, 9.17) is 0 Å². The van der Waals surface area contributed by atoms with E-state index in [1.165, 1.54) is 6.07 Å². The number of hydrogen-bond donors (Lipinski definition) is 0. The minimum atomic E-state index is -5.65. The van der Waals surface area contributed by atoms with Crippen molar-refractivity contribution in [2.75, 3.05) is 0 Å². The smallest absolute Gasteiger partial charge is 0.376 e. The summed E-state index contributed by atoms with van der Waals surface area (Å²) in [6.45, 7) is 6.90. The van der Waals surface area contributed by atoms with Crippen LogP contribution in [0.3, 0.4) is 0 Å². The Kier molecular flexibility index (Phi) is 3.91. The molecule has 1 aromatic carbocycles. The first kappa shape index (κ1) is 15.8. The predicted molar refractivity (Wildman–Crippen MR) is 65.5 cm³/mol. The molecule has 0 N–H and O–H groups in total. The van der Waals surface area contributed by atoms with Crippen LogP contribution in [0, 0.1) is 6.92 Å². The fraction of sp³-hybridized carbons (Fsp3) is 0.500. The van der Waals surface area contributed by atoms with E-state index in [0.29, 0.717) is 11.1 Å². The molecule has 0 saturated heterocycles. The lowest BCUT2D eigenvalue weighted by Crippen LogP contribution is -2.29. The zero-order valence-electron chi connectivity index (χ0n) is 11.0. The van der Waals surface area contributed by atoms with E-state index in [2.05, 4.69) is 4.18 Å². The van der Waals surface area contributed by atoms with Gasteiger partial charge in [-0.25, -0.2) is 0 Å². The van der Waals surface area contributed by atoms with Crippen molar-refractivity contribution in [3.05, 3.63) is 29.3 Å². The van der Waals surface area contributed by atoms with Crippen LogP contribution in [-0.4, -0.2) is 13.9 Å². The Morgan fingerprint density at radius 3 is 2.05 bits per heavy atom. The first-order valence-corrected chi connectivity index (χ1v) is 6.87. The molecule has 0 atom stereocenters. The number of halogens is 3. The van der Waals surface area contributed by atoms with Gasteiger partial charge in [0.15, 0.2) is 0 Å². The second-order valence-electron chi connectivity index (χ2n) is 5.23. The largest absolute Gasteiger partial charge is 0.534 e. The molecule has 3 nitrogen and oxygen atoms in total. The molecule has 0 bridgehead atoms. The van der Waals surface area contributed by atoms with Crippen molar-refractivity contribution in [3.63, 3.8) is 0 Å². The molecule has 0 spiro atoms. The molecule has 0 aliphatic heterocycles. The summed E-state index contributed by atoms with van der Waals surface area (Å²) in [4.78, 5) is 0. The van der Waals surface area contributed by atoms with Crippen molar-refractivity contribution in [2.45, 2.75) is 38.6 Å². The van der Waals surface area contributed by atoms with Gasteiger partial charge in [-0.1, -0.05) is 32.9 Å². The topological polar surface area (TPSA) is 43.4 Å². The van der Waals surface area contributed by atoms with Crippen molar-refractivity contribution in [2.24, 2.45) is 0 Å². The van der Waals surface area contributed by atoms with Crippen molar-refractivity contribution in [1.29, 1.82) is 0 Å². The molecule has 108 valence electrons. The van der Waals surface area contributed by atoms with Crippen LogP contribution in [-0.2, 0) is 15.5 Å². The summed E-state index contributed by atoms with van der Waals surface area (Å²) < 4.78 is 63.4. The highest BCUT2D eigenvalue weighted by molar-refractivity contribution is 7.88. The minimum absolute atomic E-state index is 0.287. The molecule has 1 rings (SSSR count). The molecular weight excluding hydrogens is 281 g/mol. The van der Waals surface area contributed by atoms with Crippen LogP contribution in [0.25, 0.3) is 0 Å². The van der Waals surface area contributed by atoms with E-state index in [0.717, 1.165) is 0 Å². The zero-order valence-corrected chi connectivity index (χ0v) is 11.8. The zero-order chi connectivity index (χ0) is 15.1. The van der Waals surface area contributed by atoms with Crippen molar-refractivity contribution in [3.8, 4) is 5.75 Å². The maximum Gasteiger partial charge on any atom is 0.534 e. The van der Waals surface area contributed by atoms with Gasteiger partial charge in [-0.3, -0.25) is 0 Å². The molecule has 0 saturated carbocycles. The molecule has 0 aliphatic carbocycles. The summed E-state index contributed by atoms with van der Waals surface area (Å²) in [6.07, 6.45) is 0. The number of alkyl halides is 3. The van der Waals surface area contributed by atoms with E-state index in [-0.39, 0.29) is 5.75 Å². The Bertz CT molecular complexity index is 569. The van der Waals surface area contributed by atoms with Gasteiger partial charge in [-0.05, 0) is 24.0 Å². The van der Waals surface area contributed by atoms with Crippen LogP contribution in [0.2, 0.25) is 0 Å². The standard InChI is InChI=1S/C12H15F3O3S/c1-8-5-6-9(11(2,3)4)10(7-8)18-19(16,17)12(13,14)15/h5-7H,1-4H3. The Hall–Kier alpha value is -1.24. The molecule has 0 heterocycles. The van der Waals surface area contributed by atoms with E-state index >= 15 is 0 Å². The Morgan fingerprint density at radius 1 is 1.11 bits per heavy atom. The molecule has 19 heavy (non-hydrogen) atoms. The van der Waals surface area contributed by atoms with Gasteiger partial charge in [0.05, 0.1) is 0 Å². The van der Waals surface area contributed by atoms with E-state index in [1.807, 2.05) is 0 Å². The highest BCUT2D eigenvalue weighted by Crippen LogP contribution is 2.35. The van der Waals surface area contributed by atoms with Crippen LogP contribution >= 0.6 is 0 Å². The van der Waals surface area contributed by atoms with Gasteiger partial charge < -0.3 is 4.18 Å². The highest BCUT2D eigenvalue weighted by Gasteiger charge is 2.49. The summed E-state index contributed by atoms with van der Waals surface area (Å²) in [5.41, 5.74) is -4.97. The second-order valence-corrected chi connectivity index (χ2v) is 6.77. The maximum absolute atomic E-state index is 12.3. The van der Waals surface area contributed by atoms with Gasteiger partial charge in [-0.15, -0.1) is 0 Å². The number of benzene rings is 1. The lowest BCUT2D eigenvalue weighted by molar-refractivity contribution is -0.0500. The molecule has 0 radical (unpaired) electrons. The lowest BCUT2D eigenvalue weighted by atomic mass is 9.86. The average Bonchev–Trinajstić information content (AvgIpc) is 2.12. The first-order chi connectivity index (χ1) is 8.34. The maximum atomic E-state index is 12.3. The molecule has 0 amide bonds. The first-order valence-electron chi connectivity index (χ1n) is 5.46. The van der Waals surface area contributed by atoms with Crippen molar-refractivity contribution in [1.82, 2.24) is 0 Å². The second kappa shape index (κ2) is 4.70. The molecule has 0 unspecified atom stereocenters. The number of rotatable bonds is 2. The lowest BCUT2D eigenvalue weighted by Gasteiger charge is -2.23. The summed E-state index contributed by atoms with van der Waals surface area (Å²) in [5, 5.41) is 0. The Morgan fingerprint density at radius 2 is 1.63 bits per heavy atom. The van der Waals surface area contributed by atoms with Gasteiger partial charge in [0.1, 0.15) is 5.75 Å². The minimum Gasteiger partial charge on any atom is -0.376 e. The summed E-state index contributed by atoms with van der Waals surface area (Å²) in [6, 6.07) is 4.54. The normalized spacial score (nSPS) is 13.4. The summed E-state index contributed by atoms with van der Waals surface area (Å²) in [7, 11) is -5.65. The van der Waals surface area contributed by atoms with Crippen LogP contribution in [0.5, 0.6) is 5.75 Å². The SMILES string of the molecule is Cc1ccc(C(C)(C)C)c(OS(=O)(=O)C(F)(F)F)c1. The summed E-state index contributed by atoms with van der Waals surface area (Å²) >= 11 is 0. The third kappa shape index (κ3) is 3.62. The van der Waals surface area contributed by atoms with E-state index < -0.39 is 21.0 Å². The molecule has 0 aliphatic rings. The van der Waals surface area contributed by atoms with Crippen molar-refractivity contribution >= 4 is 10.1 Å².